The summed E-state index contributed by atoms with van der Waals surface area (Å²) in [7, 11) is 1.80. The number of benzene rings is 1. The molecule has 0 spiro atoms. The smallest absolute Gasteiger partial charge is 0.242 e. The molecule has 29 heavy (non-hydrogen) atoms. The van der Waals surface area contributed by atoms with Gasteiger partial charge in [-0.15, -0.1) is 11.3 Å². The highest BCUT2D eigenvalue weighted by Crippen LogP contribution is 2.32. The Morgan fingerprint density at radius 1 is 1.21 bits per heavy atom. The third-order valence-electron chi connectivity index (χ3n) is 6.20. The molecule has 1 amide bonds. The van der Waals surface area contributed by atoms with E-state index in [4.69, 9.17) is 0 Å². The Labute approximate surface area is 177 Å². The van der Waals surface area contributed by atoms with Crippen molar-refractivity contribution in [2.45, 2.75) is 32.2 Å². The van der Waals surface area contributed by atoms with Crippen molar-refractivity contribution < 1.29 is 4.79 Å². The average Bonchev–Trinajstić information content (AvgIpc) is 3.22. The zero-order valence-electron chi connectivity index (χ0n) is 17.3. The standard InChI is InChI=1S/C23H30N4OS/c1-17-15-27(11-8-20(17)18-6-4-3-5-7-18)23(24-2)25-14-22(28)26-12-9-21-19(16-26)10-13-29-21/h3-7,10,13,17,20H,8-9,11-12,14-16H2,1-2H3,(H,24,25). The predicted molar refractivity (Wildman–Crippen MR) is 119 cm³/mol. The van der Waals surface area contributed by atoms with E-state index in [-0.39, 0.29) is 5.91 Å². The van der Waals surface area contributed by atoms with E-state index in [9.17, 15) is 4.79 Å². The Balaban J connectivity index is 1.30. The van der Waals surface area contributed by atoms with E-state index in [0.717, 1.165) is 45.0 Å². The van der Waals surface area contributed by atoms with Crippen molar-refractivity contribution in [3.8, 4) is 0 Å². The van der Waals surface area contributed by atoms with Crippen molar-refractivity contribution in [1.29, 1.82) is 0 Å². The van der Waals surface area contributed by atoms with Crippen LogP contribution in [-0.4, -0.2) is 54.9 Å². The number of fused-ring (bicyclic) bond motifs is 1. The van der Waals surface area contributed by atoms with Gasteiger partial charge in [0.1, 0.15) is 0 Å². The Hall–Kier alpha value is -2.34. The van der Waals surface area contributed by atoms with Crippen LogP contribution in [0.1, 0.15) is 35.3 Å². The van der Waals surface area contributed by atoms with Crippen LogP contribution < -0.4 is 5.32 Å². The molecule has 6 heteroatoms. The Bertz CT molecular complexity index is 863. The lowest BCUT2D eigenvalue weighted by atomic mass is 9.82. The first kappa shape index (κ1) is 20.0. The minimum absolute atomic E-state index is 0.148. The van der Waals surface area contributed by atoms with Gasteiger partial charge < -0.3 is 15.1 Å². The van der Waals surface area contributed by atoms with Crippen LogP contribution in [0.5, 0.6) is 0 Å². The molecule has 2 aromatic rings. The van der Waals surface area contributed by atoms with Gasteiger partial charge in [0.05, 0.1) is 6.54 Å². The molecule has 0 aliphatic carbocycles. The van der Waals surface area contributed by atoms with Crippen molar-refractivity contribution in [3.05, 3.63) is 57.8 Å². The van der Waals surface area contributed by atoms with Crippen LogP contribution in [0, 0.1) is 5.92 Å². The van der Waals surface area contributed by atoms with Crippen LogP contribution >= 0.6 is 11.3 Å². The number of rotatable bonds is 3. The zero-order chi connectivity index (χ0) is 20.2. The number of amides is 1. The number of likely N-dealkylation sites (tertiary alicyclic amines) is 1. The molecular formula is C23H30N4OS. The van der Waals surface area contributed by atoms with E-state index >= 15 is 0 Å². The SMILES string of the molecule is CN=C(NCC(=O)N1CCc2sccc2C1)N1CCC(c2ccccc2)C(C)C1. The normalized spacial score (nSPS) is 22.3. The number of piperidine rings is 1. The number of aliphatic imine (C=N–C) groups is 1. The lowest BCUT2D eigenvalue weighted by Gasteiger charge is -2.39. The molecule has 1 aromatic heterocycles. The molecule has 3 heterocycles. The summed E-state index contributed by atoms with van der Waals surface area (Å²) in [4.78, 5) is 22.9. The summed E-state index contributed by atoms with van der Waals surface area (Å²) in [5.41, 5.74) is 2.73. The summed E-state index contributed by atoms with van der Waals surface area (Å²) in [5, 5.41) is 5.44. The molecule has 2 unspecified atom stereocenters. The number of thiophene rings is 1. The van der Waals surface area contributed by atoms with Gasteiger partial charge in [0.25, 0.3) is 0 Å². The van der Waals surface area contributed by atoms with Crippen LogP contribution in [0.4, 0.5) is 0 Å². The molecule has 154 valence electrons. The van der Waals surface area contributed by atoms with Crippen molar-refractivity contribution >= 4 is 23.2 Å². The number of nitrogens with zero attached hydrogens (tertiary/aromatic N) is 3. The maximum absolute atomic E-state index is 12.7. The Morgan fingerprint density at radius 3 is 2.79 bits per heavy atom. The van der Waals surface area contributed by atoms with E-state index in [2.05, 4.69) is 63.9 Å². The molecule has 2 aliphatic heterocycles. The van der Waals surface area contributed by atoms with Crippen LogP contribution in [0.3, 0.4) is 0 Å². The molecular weight excluding hydrogens is 380 g/mol. The number of nitrogens with one attached hydrogen (secondary N) is 1. The van der Waals surface area contributed by atoms with Crippen LogP contribution in [0.15, 0.2) is 46.8 Å². The summed E-state index contributed by atoms with van der Waals surface area (Å²) < 4.78 is 0. The summed E-state index contributed by atoms with van der Waals surface area (Å²) in [6, 6.07) is 12.9. The van der Waals surface area contributed by atoms with Crippen molar-refractivity contribution in [2.75, 3.05) is 33.2 Å². The van der Waals surface area contributed by atoms with Crippen molar-refractivity contribution in [3.63, 3.8) is 0 Å². The number of carbonyl (C=O) groups excluding carboxylic acids is 1. The molecule has 0 saturated carbocycles. The second-order valence-corrected chi connectivity index (χ2v) is 9.06. The molecule has 0 bridgehead atoms. The summed E-state index contributed by atoms with van der Waals surface area (Å²) in [6.07, 6.45) is 2.07. The highest BCUT2D eigenvalue weighted by atomic mass is 32.1. The average molecular weight is 411 g/mol. The molecule has 1 N–H and O–H groups in total. The minimum Gasteiger partial charge on any atom is -0.347 e. The van der Waals surface area contributed by atoms with E-state index in [1.807, 2.05) is 4.90 Å². The fraction of sp³-hybridized carbons (Fsp3) is 0.478. The highest BCUT2D eigenvalue weighted by molar-refractivity contribution is 7.10. The van der Waals surface area contributed by atoms with Crippen molar-refractivity contribution in [1.82, 2.24) is 15.1 Å². The lowest BCUT2D eigenvalue weighted by molar-refractivity contribution is -0.130. The Morgan fingerprint density at radius 2 is 2.03 bits per heavy atom. The maximum Gasteiger partial charge on any atom is 0.242 e. The lowest BCUT2D eigenvalue weighted by Crippen LogP contribution is -2.50. The molecule has 2 atom stereocenters. The maximum atomic E-state index is 12.7. The van der Waals surface area contributed by atoms with Gasteiger partial charge in [0.15, 0.2) is 5.96 Å². The van der Waals surface area contributed by atoms with Crippen molar-refractivity contribution in [2.24, 2.45) is 10.9 Å². The third-order valence-corrected chi connectivity index (χ3v) is 7.23. The van der Waals surface area contributed by atoms with Gasteiger partial charge in [-0.05, 0) is 47.3 Å². The third kappa shape index (κ3) is 4.47. The van der Waals surface area contributed by atoms with Crippen LogP contribution in [0.25, 0.3) is 0 Å². The van der Waals surface area contributed by atoms with E-state index in [1.54, 1.807) is 18.4 Å². The van der Waals surface area contributed by atoms with E-state index < -0.39 is 0 Å². The second-order valence-electron chi connectivity index (χ2n) is 8.06. The van der Waals surface area contributed by atoms with Gasteiger partial charge in [-0.3, -0.25) is 9.79 Å². The van der Waals surface area contributed by atoms with Gasteiger partial charge in [-0.1, -0.05) is 37.3 Å². The molecule has 1 saturated heterocycles. The van der Waals surface area contributed by atoms with Gasteiger partial charge >= 0.3 is 0 Å². The fourth-order valence-electron chi connectivity index (χ4n) is 4.59. The van der Waals surface area contributed by atoms with Crippen LogP contribution in [-0.2, 0) is 17.8 Å². The zero-order valence-corrected chi connectivity index (χ0v) is 18.1. The largest absolute Gasteiger partial charge is 0.347 e. The van der Waals surface area contributed by atoms with Gasteiger partial charge in [0, 0.05) is 38.1 Å². The second kappa shape index (κ2) is 8.99. The van der Waals surface area contributed by atoms with E-state index in [1.165, 1.54) is 16.0 Å². The molecule has 1 aromatic carbocycles. The molecule has 0 radical (unpaired) electrons. The predicted octanol–water partition coefficient (Wildman–Crippen LogP) is 3.33. The number of carbonyl (C=O) groups is 1. The molecule has 2 aliphatic rings. The molecule has 5 nitrogen and oxygen atoms in total. The first-order chi connectivity index (χ1) is 14.2. The Kier molecular flexibility index (Phi) is 6.19. The number of hydrogen-bond acceptors (Lipinski definition) is 3. The number of guanidine groups is 1. The fourth-order valence-corrected chi connectivity index (χ4v) is 5.48. The summed E-state index contributed by atoms with van der Waals surface area (Å²) >= 11 is 1.80. The highest BCUT2D eigenvalue weighted by Gasteiger charge is 2.29. The summed E-state index contributed by atoms with van der Waals surface area (Å²) in [6.45, 7) is 6.08. The van der Waals surface area contributed by atoms with E-state index in [0.29, 0.717) is 18.4 Å². The molecule has 1 fully saturated rings. The van der Waals surface area contributed by atoms with Gasteiger partial charge in [0.2, 0.25) is 5.91 Å². The topological polar surface area (TPSA) is 47.9 Å². The van der Waals surface area contributed by atoms with Gasteiger partial charge in [-0.25, -0.2) is 0 Å². The van der Waals surface area contributed by atoms with Crippen LogP contribution in [0.2, 0.25) is 0 Å². The minimum atomic E-state index is 0.148. The number of hydrogen-bond donors (Lipinski definition) is 1. The first-order valence-corrected chi connectivity index (χ1v) is 11.4. The quantitative estimate of drug-likeness (QED) is 0.624. The monoisotopic (exact) mass is 410 g/mol. The molecule has 4 rings (SSSR count). The van der Waals surface area contributed by atoms with Gasteiger partial charge in [-0.2, -0.15) is 0 Å². The summed E-state index contributed by atoms with van der Waals surface area (Å²) in [5.74, 6) is 2.11. The first-order valence-electron chi connectivity index (χ1n) is 10.5.